The second-order valence-electron chi connectivity index (χ2n) is 12.3. The van der Waals surface area contributed by atoms with Gasteiger partial charge in [0.1, 0.15) is 18.2 Å². The average molecular weight is 655 g/mol. The minimum Gasteiger partial charge on any atom is -0.492 e. The second-order valence-corrected chi connectivity index (χ2v) is 13.2. The van der Waals surface area contributed by atoms with E-state index in [1.807, 2.05) is 36.4 Å². The van der Waals surface area contributed by atoms with Crippen LogP contribution in [0.1, 0.15) is 76.4 Å². The molecule has 2 aliphatic rings. The van der Waals surface area contributed by atoms with Crippen LogP contribution in [0.2, 0.25) is 10.0 Å². The van der Waals surface area contributed by atoms with Gasteiger partial charge in [0.2, 0.25) is 0 Å². The Balaban J connectivity index is 1.11. The number of carbonyl (C=O) groups is 1. The van der Waals surface area contributed by atoms with Crippen LogP contribution in [0.3, 0.4) is 0 Å². The maximum absolute atomic E-state index is 11.9. The van der Waals surface area contributed by atoms with E-state index in [1.165, 1.54) is 48.0 Å². The Labute approximate surface area is 279 Å². The van der Waals surface area contributed by atoms with Crippen molar-refractivity contribution in [3.8, 4) is 5.75 Å². The Bertz CT molecular complexity index is 1780. The minimum absolute atomic E-state index is 0.0434. The number of hydrogen-bond acceptors (Lipinski definition) is 5. The Morgan fingerprint density at radius 3 is 2.13 bits per heavy atom. The van der Waals surface area contributed by atoms with Gasteiger partial charge in [-0.1, -0.05) is 59.6 Å². The van der Waals surface area contributed by atoms with Gasteiger partial charge in [-0.05, 0) is 97.0 Å². The number of carbonyl (C=O) groups excluding carboxylic acids is 1. The molecule has 0 radical (unpaired) electrons. The van der Waals surface area contributed by atoms with Crippen molar-refractivity contribution in [3.63, 3.8) is 0 Å². The summed E-state index contributed by atoms with van der Waals surface area (Å²) in [7, 11) is 1.39. The first-order valence-electron chi connectivity index (χ1n) is 16.0. The number of fused-ring (bicyclic) bond motifs is 1. The van der Waals surface area contributed by atoms with Crippen LogP contribution >= 0.6 is 23.2 Å². The first-order valence-corrected chi connectivity index (χ1v) is 16.8. The van der Waals surface area contributed by atoms with E-state index < -0.39 is 0 Å². The van der Waals surface area contributed by atoms with E-state index in [4.69, 9.17) is 37.7 Å². The molecule has 8 heteroatoms. The van der Waals surface area contributed by atoms with E-state index in [0.717, 1.165) is 48.0 Å². The molecule has 46 heavy (non-hydrogen) atoms. The molecule has 1 aliphatic carbocycles. The lowest BCUT2D eigenvalue weighted by Crippen LogP contribution is -2.37. The largest absolute Gasteiger partial charge is 0.492 e. The molecule has 5 aromatic rings. The van der Waals surface area contributed by atoms with Gasteiger partial charge in [-0.25, -0.2) is 9.78 Å². The summed E-state index contributed by atoms with van der Waals surface area (Å²) in [6.45, 7) is 3.40. The molecule has 0 bridgehead atoms. The SMILES string of the molecule is COC(=O)c1cccc(OCCN2CCC(n3c(C4CC4)nc4ccc(C(c5ccc(Cl)cc5)c5ccc(Cl)cc5)cc43)CC2)c1. The van der Waals surface area contributed by atoms with Gasteiger partial charge in [-0.3, -0.25) is 4.90 Å². The number of nitrogens with zero attached hydrogens (tertiary/aromatic N) is 3. The molecule has 236 valence electrons. The van der Waals surface area contributed by atoms with E-state index in [2.05, 4.69) is 51.9 Å². The quantitative estimate of drug-likeness (QED) is 0.111. The first kappa shape index (κ1) is 30.8. The number of piperidine rings is 1. The molecule has 1 saturated heterocycles. The predicted molar refractivity (Wildman–Crippen MR) is 184 cm³/mol. The van der Waals surface area contributed by atoms with Gasteiger partial charge in [0, 0.05) is 47.6 Å². The highest BCUT2D eigenvalue weighted by molar-refractivity contribution is 6.30. The Kier molecular flexibility index (Phi) is 9.03. The molecule has 1 aliphatic heterocycles. The van der Waals surface area contributed by atoms with Crippen molar-refractivity contribution >= 4 is 40.2 Å². The molecule has 0 amide bonds. The summed E-state index contributed by atoms with van der Waals surface area (Å²) in [5, 5.41) is 1.46. The van der Waals surface area contributed by atoms with Crippen molar-refractivity contribution in [1.29, 1.82) is 0 Å². The fourth-order valence-electron chi connectivity index (χ4n) is 6.73. The summed E-state index contributed by atoms with van der Waals surface area (Å²) in [6.07, 6.45) is 4.54. The minimum atomic E-state index is -0.359. The van der Waals surface area contributed by atoms with Gasteiger partial charge >= 0.3 is 5.97 Å². The van der Waals surface area contributed by atoms with Crippen molar-refractivity contribution in [2.75, 3.05) is 33.4 Å². The van der Waals surface area contributed by atoms with E-state index in [-0.39, 0.29) is 11.9 Å². The van der Waals surface area contributed by atoms with E-state index in [1.54, 1.807) is 12.1 Å². The standard InChI is InChI=1S/C38H37Cl2N3O3/c1-45-38(44)29-3-2-4-33(23-29)46-22-21-42-19-17-32(18-20-42)43-35-24-28(11-16-34(35)41-37(43)27-5-6-27)36(25-7-12-30(39)13-8-25)26-9-14-31(40)15-10-26/h2-4,7-16,23-24,27,32,36H,5-6,17-22H2,1H3. The Morgan fingerprint density at radius 1 is 0.848 bits per heavy atom. The van der Waals surface area contributed by atoms with Crippen molar-refractivity contribution in [3.05, 3.63) is 129 Å². The highest BCUT2D eigenvalue weighted by Gasteiger charge is 2.33. The van der Waals surface area contributed by atoms with Gasteiger partial charge < -0.3 is 14.0 Å². The first-order chi connectivity index (χ1) is 22.5. The molecular formula is C38H37Cl2N3O3. The third-order valence-corrected chi connectivity index (χ3v) is 9.78. The monoisotopic (exact) mass is 653 g/mol. The zero-order valence-electron chi connectivity index (χ0n) is 25.9. The third-order valence-electron chi connectivity index (χ3n) is 9.28. The molecular weight excluding hydrogens is 617 g/mol. The fourth-order valence-corrected chi connectivity index (χ4v) is 6.99. The lowest BCUT2D eigenvalue weighted by molar-refractivity contribution is 0.0600. The molecule has 2 fully saturated rings. The zero-order chi connectivity index (χ0) is 31.6. The van der Waals surface area contributed by atoms with Crippen LogP contribution in [-0.4, -0.2) is 53.8 Å². The van der Waals surface area contributed by atoms with Crippen LogP contribution in [0, 0.1) is 0 Å². The maximum Gasteiger partial charge on any atom is 0.337 e. The summed E-state index contributed by atoms with van der Waals surface area (Å²) < 4.78 is 13.4. The fraction of sp³-hybridized carbons (Fsp3) is 0.316. The molecule has 1 saturated carbocycles. The number of esters is 1. The molecule has 1 aromatic heterocycles. The van der Waals surface area contributed by atoms with Crippen LogP contribution < -0.4 is 4.74 Å². The smallest absolute Gasteiger partial charge is 0.337 e. The van der Waals surface area contributed by atoms with Crippen molar-refractivity contribution in [1.82, 2.24) is 14.5 Å². The molecule has 7 rings (SSSR count). The van der Waals surface area contributed by atoms with E-state index in [9.17, 15) is 4.79 Å². The van der Waals surface area contributed by atoms with Crippen LogP contribution in [0.5, 0.6) is 5.75 Å². The molecule has 0 spiro atoms. The number of rotatable bonds is 10. The molecule has 4 aromatic carbocycles. The van der Waals surface area contributed by atoms with Crippen molar-refractivity contribution < 1.29 is 14.3 Å². The molecule has 0 atom stereocenters. The number of halogens is 2. The molecule has 6 nitrogen and oxygen atoms in total. The highest BCUT2D eigenvalue weighted by Crippen LogP contribution is 2.44. The Hall–Kier alpha value is -3.84. The van der Waals surface area contributed by atoms with E-state index >= 15 is 0 Å². The lowest BCUT2D eigenvalue weighted by atomic mass is 9.85. The van der Waals surface area contributed by atoms with Gasteiger partial charge in [-0.2, -0.15) is 0 Å². The van der Waals surface area contributed by atoms with Crippen molar-refractivity contribution in [2.24, 2.45) is 0 Å². The molecule has 0 N–H and O–H groups in total. The summed E-state index contributed by atoms with van der Waals surface area (Å²) >= 11 is 12.6. The maximum atomic E-state index is 11.9. The lowest BCUT2D eigenvalue weighted by Gasteiger charge is -2.33. The van der Waals surface area contributed by atoms with Gasteiger partial charge in [-0.15, -0.1) is 0 Å². The van der Waals surface area contributed by atoms with Crippen LogP contribution in [0.25, 0.3) is 11.0 Å². The molecule has 2 heterocycles. The number of benzene rings is 4. The average Bonchev–Trinajstić information content (AvgIpc) is 3.87. The number of hydrogen-bond donors (Lipinski definition) is 0. The normalized spacial score (nSPS) is 15.8. The number of aromatic nitrogens is 2. The van der Waals surface area contributed by atoms with Crippen LogP contribution in [-0.2, 0) is 4.74 Å². The second kappa shape index (κ2) is 13.5. The predicted octanol–water partition coefficient (Wildman–Crippen LogP) is 8.90. The number of imidazole rings is 1. The Morgan fingerprint density at radius 2 is 1.50 bits per heavy atom. The van der Waals surface area contributed by atoms with Crippen LogP contribution in [0.4, 0.5) is 0 Å². The van der Waals surface area contributed by atoms with Gasteiger partial charge in [0.05, 0.1) is 23.7 Å². The summed E-state index contributed by atoms with van der Waals surface area (Å²) in [5.74, 6) is 2.16. The van der Waals surface area contributed by atoms with E-state index in [0.29, 0.717) is 29.9 Å². The molecule has 0 unspecified atom stereocenters. The van der Waals surface area contributed by atoms with Gasteiger partial charge in [0.15, 0.2) is 0 Å². The summed E-state index contributed by atoms with van der Waals surface area (Å²) in [6, 6.07) is 30.7. The zero-order valence-corrected chi connectivity index (χ0v) is 27.4. The number of likely N-dealkylation sites (tertiary alicyclic amines) is 1. The summed E-state index contributed by atoms with van der Waals surface area (Å²) in [4.78, 5) is 19.5. The topological polar surface area (TPSA) is 56.6 Å². The summed E-state index contributed by atoms with van der Waals surface area (Å²) in [5.41, 5.74) is 6.39. The van der Waals surface area contributed by atoms with Gasteiger partial charge in [0.25, 0.3) is 0 Å². The van der Waals surface area contributed by atoms with Crippen LogP contribution in [0.15, 0.2) is 91.0 Å². The highest BCUT2D eigenvalue weighted by atomic mass is 35.5. The van der Waals surface area contributed by atoms with Crippen molar-refractivity contribution in [2.45, 2.75) is 43.6 Å². The number of ether oxygens (including phenoxy) is 2. The third kappa shape index (κ3) is 6.66. The number of methoxy groups -OCH3 is 1.